The quantitative estimate of drug-likeness (QED) is 0.854. The SMILES string of the molecule is Cn1nnnc1-c1cccc(NC(=O)C(N)C2CCOCC2)c1. The van der Waals surface area contributed by atoms with Crippen LogP contribution in [0.25, 0.3) is 11.4 Å². The Bertz CT molecular complexity index is 680. The van der Waals surface area contributed by atoms with E-state index in [0.717, 1.165) is 18.4 Å². The molecule has 23 heavy (non-hydrogen) atoms. The number of nitrogens with two attached hydrogens (primary N) is 1. The van der Waals surface area contributed by atoms with Gasteiger partial charge < -0.3 is 15.8 Å². The van der Waals surface area contributed by atoms with E-state index in [-0.39, 0.29) is 11.8 Å². The van der Waals surface area contributed by atoms with Crippen molar-refractivity contribution in [2.24, 2.45) is 18.7 Å². The van der Waals surface area contributed by atoms with Crippen molar-refractivity contribution < 1.29 is 9.53 Å². The smallest absolute Gasteiger partial charge is 0.241 e. The molecule has 0 saturated carbocycles. The Balaban J connectivity index is 1.70. The molecule has 8 heteroatoms. The average molecular weight is 316 g/mol. The summed E-state index contributed by atoms with van der Waals surface area (Å²) in [5.41, 5.74) is 7.60. The molecule has 1 fully saturated rings. The molecular formula is C15H20N6O2. The van der Waals surface area contributed by atoms with Gasteiger partial charge in [-0.1, -0.05) is 12.1 Å². The maximum atomic E-state index is 12.4. The highest BCUT2D eigenvalue weighted by Crippen LogP contribution is 2.21. The zero-order valence-electron chi connectivity index (χ0n) is 13.0. The average Bonchev–Trinajstić information content (AvgIpc) is 3.01. The van der Waals surface area contributed by atoms with Crippen molar-refractivity contribution in [3.8, 4) is 11.4 Å². The molecule has 8 nitrogen and oxygen atoms in total. The van der Waals surface area contributed by atoms with Crippen molar-refractivity contribution in [2.45, 2.75) is 18.9 Å². The van der Waals surface area contributed by atoms with Gasteiger partial charge in [0.1, 0.15) is 0 Å². The van der Waals surface area contributed by atoms with Gasteiger partial charge in [-0.05, 0) is 41.3 Å². The number of hydrogen-bond acceptors (Lipinski definition) is 6. The van der Waals surface area contributed by atoms with Gasteiger partial charge in [0.2, 0.25) is 5.91 Å². The molecule has 1 amide bonds. The predicted molar refractivity (Wildman–Crippen MR) is 84.4 cm³/mol. The fraction of sp³-hybridized carbons (Fsp3) is 0.467. The lowest BCUT2D eigenvalue weighted by Crippen LogP contribution is -2.44. The van der Waals surface area contributed by atoms with Crippen LogP contribution >= 0.6 is 0 Å². The van der Waals surface area contributed by atoms with Crippen LogP contribution in [0.1, 0.15) is 12.8 Å². The fourth-order valence-corrected chi connectivity index (χ4v) is 2.72. The fourth-order valence-electron chi connectivity index (χ4n) is 2.72. The Morgan fingerprint density at radius 1 is 1.43 bits per heavy atom. The van der Waals surface area contributed by atoms with E-state index < -0.39 is 6.04 Å². The van der Waals surface area contributed by atoms with Crippen LogP contribution in [-0.2, 0) is 16.6 Å². The number of aryl methyl sites for hydroxylation is 1. The van der Waals surface area contributed by atoms with E-state index in [2.05, 4.69) is 20.8 Å². The molecule has 3 N–H and O–H groups in total. The first kappa shape index (κ1) is 15.6. The lowest BCUT2D eigenvalue weighted by Gasteiger charge is -2.26. The Kier molecular flexibility index (Phi) is 4.63. The number of rotatable bonds is 4. The highest BCUT2D eigenvalue weighted by atomic mass is 16.5. The summed E-state index contributed by atoms with van der Waals surface area (Å²) in [4.78, 5) is 12.4. The lowest BCUT2D eigenvalue weighted by atomic mass is 9.92. The molecule has 0 radical (unpaired) electrons. The van der Waals surface area contributed by atoms with Crippen LogP contribution < -0.4 is 11.1 Å². The first-order chi connectivity index (χ1) is 11.1. The van der Waals surface area contributed by atoms with Gasteiger partial charge >= 0.3 is 0 Å². The highest BCUT2D eigenvalue weighted by molar-refractivity contribution is 5.95. The van der Waals surface area contributed by atoms with Crippen molar-refractivity contribution >= 4 is 11.6 Å². The number of nitrogens with zero attached hydrogens (tertiary/aromatic N) is 4. The molecular weight excluding hydrogens is 296 g/mol. The van der Waals surface area contributed by atoms with Crippen LogP contribution in [0, 0.1) is 5.92 Å². The van der Waals surface area contributed by atoms with Gasteiger partial charge in [0.25, 0.3) is 0 Å². The molecule has 1 unspecified atom stereocenters. The van der Waals surface area contributed by atoms with Gasteiger partial charge in [-0.25, -0.2) is 4.68 Å². The maximum absolute atomic E-state index is 12.4. The minimum absolute atomic E-state index is 0.162. The molecule has 2 aromatic rings. The number of amides is 1. The number of hydrogen-bond donors (Lipinski definition) is 2. The number of ether oxygens (including phenoxy) is 1. The summed E-state index contributed by atoms with van der Waals surface area (Å²) in [7, 11) is 1.77. The van der Waals surface area contributed by atoms with Gasteiger partial charge in [0.05, 0.1) is 6.04 Å². The van der Waals surface area contributed by atoms with Crippen molar-refractivity contribution in [3.63, 3.8) is 0 Å². The molecule has 0 aliphatic carbocycles. The summed E-state index contributed by atoms with van der Waals surface area (Å²) >= 11 is 0. The van der Waals surface area contributed by atoms with E-state index in [0.29, 0.717) is 24.7 Å². The third kappa shape index (κ3) is 3.54. The Morgan fingerprint density at radius 3 is 2.91 bits per heavy atom. The molecule has 0 spiro atoms. The summed E-state index contributed by atoms with van der Waals surface area (Å²) in [6.07, 6.45) is 1.64. The number of anilines is 1. The zero-order valence-corrected chi connectivity index (χ0v) is 13.0. The zero-order chi connectivity index (χ0) is 16.2. The minimum atomic E-state index is -0.529. The summed E-state index contributed by atoms with van der Waals surface area (Å²) < 4.78 is 6.89. The van der Waals surface area contributed by atoms with Gasteiger partial charge in [-0.2, -0.15) is 0 Å². The maximum Gasteiger partial charge on any atom is 0.241 e. The van der Waals surface area contributed by atoms with Crippen LogP contribution in [0.2, 0.25) is 0 Å². The third-order valence-electron chi connectivity index (χ3n) is 4.09. The molecule has 2 heterocycles. The number of aromatic nitrogens is 4. The van der Waals surface area contributed by atoms with Crippen LogP contribution in [0.5, 0.6) is 0 Å². The Labute approximate surface area is 134 Å². The summed E-state index contributed by atoms with van der Waals surface area (Å²) in [5, 5.41) is 14.3. The number of carbonyl (C=O) groups is 1. The van der Waals surface area contributed by atoms with Gasteiger partial charge in [-0.15, -0.1) is 5.10 Å². The van der Waals surface area contributed by atoms with E-state index in [4.69, 9.17) is 10.5 Å². The highest BCUT2D eigenvalue weighted by Gasteiger charge is 2.26. The minimum Gasteiger partial charge on any atom is -0.381 e. The van der Waals surface area contributed by atoms with Crippen LogP contribution in [0.3, 0.4) is 0 Å². The monoisotopic (exact) mass is 316 g/mol. The molecule has 1 aliphatic heterocycles. The first-order valence-corrected chi connectivity index (χ1v) is 7.62. The molecule has 0 bridgehead atoms. The number of benzene rings is 1. The van der Waals surface area contributed by atoms with E-state index in [1.165, 1.54) is 0 Å². The normalized spacial score (nSPS) is 17.0. The Hall–Kier alpha value is -2.32. The second-order valence-electron chi connectivity index (χ2n) is 5.67. The molecule has 3 rings (SSSR count). The molecule has 122 valence electrons. The topological polar surface area (TPSA) is 108 Å². The molecule has 1 atom stereocenters. The van der Waals surface area contributed by atoms with Crippen molar-refractivity contribution in [3.05, 3.63) is 24.3 Å². The predicted octanol–water partition coefficient (Wildman–Crippen LogP) is 0.569. The summed E-state index contributed by atoms with van der Waals surface area (Å²) in [6.45, 7) is 1.33. The van der Waals surface area contributed by atoms with Crippen LogP contribution in [-0.4, -0.2) is 45.4 Å². The number of nitrogens with one attached hydrogen (secondary N) is 1. The lowest BCUT2D eigenvalue weighted by molar-refractivity contribution is -0.119. The van der Waals surface area contributed by atoms with Gasteiger partial charge in [0, 0.05) is 31.5 Å². The van der Waals surface area contributed by atoms with E-state index >= 15 is 0 Å². The van der Waals surface area contributed by atoms with Crippen molar-refractivity contribution in [1.82, 2.24) is 20.2 Å². The van der Waals surface area contributed by atoms with Gasteiger partial charge in [-0.3, -0.25) is 4.79 Å². The van der Waals surface area contributed by atoms with Crippen LogP contribution in [0.4, 0.5) is 5.69 Å². The molecule has 1 aromatic heterocycles. The van der Waals surface area contributed by atoms with E-state index in [1.807, 2.05) is 24.3 Å². The van der Waals surface area contributed by atoms with E-state index in [1.54, 1.807) is 11.7 Å². The summed E-state index contributed by atoms with van der Waals surface area (Å²) in [6, 6.07) is 6.86. The largest absolute Gasteiger partial charge is 0.381 e. The van der Waals surface area contributed by atoms with Crippen molar-refractivity contribution in [2.75, 3.05) is 18.5 Å². The second kappa shape index (κ2) is 6.84. The van der Waals surface area contributed by atoms with E-state index in [9.17, 15) is 4.79 Å². The van der Waals surface area contributed by atoms with Gasteiger partial charge in [0.15, 0.2) is 5.82 Å². The van der Waals surface area contributed by atoms with Crippen LogP contribution in [0.15, 0.2) is 24.3 Å². The molecule has 1 aliphatic rings. The second-order valence-corrected chi connectivity index (χ2v) is 5.67. The first-order valence-electron chi connectivity index (χ1n) is 7.62. The Morgan fingerprint density at radius 2 is 2.22 bits per heavy atom. The standard InChI is InChI=1S/C15H20N6O2/c1-21-14(18-19-20-21)11-3-2-4-12(9-11)17-15(22)13(16)10-5-7-23-8-6-10/h2-4,9-10,13H,5-8,16H2,1H3,(H,17,22). The summed E-state index contributed by atoms with van der Waals surface area (Å²) in [5.74, 6) is 0.620. The molecule has 1 saturated heterocycles. The van der Waals surface area contributed by atoms with Crippen molar-refractivity contribution in [1.29, 1.82) is 0 Å². The number of tetrazole rings is 1. The third-order valence-corrected chi connectivity index (χ3v) is 4.09. The molecule has 1 aromatic carbocycles. The number of carbonyl (C=O) groups excluding carboxylic acids is 1.